The highest BCUT2D eigenvalue weighted by Crippen LogP contribution is 2.51. The summed E-state index contributed by atoms with van der Waals surface area (Å²) in [7, 11) is 0. The van der Waals surface area contributed by atoms with Crippen LogP contribution in [0.5, 0.6) is 0 Å². The highest BCUT2D eigenvalue weighted by Gasteiger charge is 2.59. The number of amides is 1. The van der Waals surface area contributed by atoms with Crippen molar-refractivity contribution in [1.82, 2.24) is 10.6 Å². The Kier molecular flexibility index (Phi) is 7.74. The molecule has 2 aromatic carbocycles. The van der Waals surface area contributed by atoms with Crippen molar-refractivity contribution in [1.29, 1.82) is 5.26 Å². The summed E-state index contributed by atoms with van der Waals surface area (Å²) in [6.07, 6.45) is 3.55. The topological polar surface area (TPSA) is 85.2 Å². The number of rotatable bonds is 7. The third kappa shape index (κ3) is 5.15. The van der Waals surface area contributed by atoms with Crippen LogP contribution in [0.1, 0.15) is 63.5 Å². The first kappa shape index (κ1) is 26.9. The number of benzene rings is 2. The average Bonchev–Trinajstić information content (AvgIpc) is 3.12. The lowest BCUT2D eigenvalue weighted by atomic mass is 9.63. The number of carbonyl (C=O) groups is 1. The van der Waals surface area contributed by atoms with Gasteiger partial charge in [-0.05, 0) is 60.1 Å². The molecule has 1 amide bonds. The molecular formula is C29H35Cl2N3O2. The molecule has 4 atom stereocenters. The number of hydrogen-bond donors (Lipinski definition) is 3. The number of nitrogens with one attached hydrogen (secondary N) is 2. The van der Waals surface area contributed by atoms with Crippen LogP contribution < -0.4 is 10.6 Å². The molecule has 1 aliphatic carbocycles. The van der Waals surface area contributed by atoms with Crippen molar-refractivity contribution in [3.8, 4) is 6.07 Å². The van der Waals surface area contributed by atoms with Crippen molar-refractivity contribution < 1.29 is 9.90 Å². The smallest absolute Gasteiger partial charge is 0.237 e. The van der Waals surface area contributed by atoms with Gasteiger partial charge in [-0.1, -0.05) is 74.7 Å². The molecule has 192 valence electrons. The van der Waals surface area contributed by atoms with Gasteiger partial charge >= 0.3 is 0 Å². The maximum Gasteiger partial charge on any atom is 0.237 e. The normalized spacial score (nSPS) is 27.2. The fourth-order valence-electron chi connectivity index (χ4n) is 5.91. The minimum Gasteiger partial charge on any atom is -0.396 e. The van der Waals surface area contributed by atoms with E-state index in [1.54, 1.807) is 18.2 Å². The SMILES string of the molecule is CC(C)(C)C[C@@H]1N[C@@H](C(=O)NCC2(CO)CCC2)[C@H](c2cccc(Cl)c2)[C@@]1(C#N)c1ccc(Cl)cc1. The van der Waals surface area contributed by atoms with Crippen LogP contribution in [0.25, 0.3) is 0 Å². The number of aliphatic hydroxyl groups is 1. The molecule has 4 rings (SSSR count). The Balaban J connectivity index is 1.82. The zero-order valence-electron chi connectivity index (χ0n) is 21.2. The lowest BCUT2D eigenvalue weighted by Crippen LogP contribution is -2.50. The summed E-state index contributed by atoms with van der Waals surface area (Å²) >= 11 is 12.6. The summed E-state index contributed by atoms with van der Waals surface area (Å²) in [5.74, 6) is -0.647. The van der Waals surface area contributed by atoms with E-state index in [-0.39, 0.29) is 29.4 Å². The van der Waals surface area contributed by atoms with Gasteiger partial charge in [0.05, 0.1) is 18.7 Å². The molecule has 1 aliphatic heterocycles. The average molecular weight is 529 g/mol. The molecule has 0 spiro atoms. The van der Waals surface area contributed by atoms with Gasteiger partial charge in [0.25, 0.3) is 0 Å². The molecule has 36 heavy (non-hydrogen) atoms. The second kappa shape index (κ2) is 10.3. The van der Waals surface area contributed by atoms with Gasteiger partial charge in [0.2, 0.25) is 5.91 Å². The minimum absolute atomic E-state index is 0.0582. The highest BCUT2D eigenvalue weighted by atomic mass is 35.5. The van der Waals surface area contributed by atoms with Gasteiger partial charge in [-0.3, -0.25) is 4.79 Å². The molecule has 0 bridgehead atoms. The fraction of sp³-hybridized carbons (Fsp3) is 0.517. The van der Waals surface area contributed by atoms with Crippen LogP contribution in [0.15, 0.2) is 48.5 Å². The summed E-state index contributed by atoms with van der Waals surface area (Å²) in [6, 6.07) is 16.6. The van der Waals surface area contributed by atoms with Crippen LogP contribution >= 0.6 is 23.2 Å². The van der Waals surface area contributed by atoms with Crippen LogP contribution in [0.2, 0.25) is 10.0 Å². The van der Waals surface area contributed by atoms with E-state index in [9.17, 15) is 15.2 Å². The van der Waals surface area contributed by atoms with Gasteiger partial charge < -0.3 is 15.7 Å². The number of aliphatic hydroxyl groups excluding tert-OH is 1. The highest BCUT2D eigenvalue weighted by molar-refractivity contribution is 6.30. The zero-order chi connectivity index (χ0) is 26.1. The third-order valence-corrected chi connectivity index (χ3v) is 8.44. The standard InChI is InChI=1S/C29H35Cl2N3O2/c1-27(2,3)15-23-29(16-32,20-8-10-21(30)11-9-20)24(19-6-4-7-22(31)14-19)25(34-23)26(36)33-17-28(18-35)12-5-13-28/h4,6-11,14,23-25,34-35H,5,12-13,15,17-18H2,1-3H3,(H,33,36)/t23-,24-,25+,29-/m0/s1. The van der Waals surface area contributed by atoms with Crippen molar-refractivity contribution in [3.05, 3.63) is 69.7 Å². The van der Waals surface area contributed by atoms with Crippen LogP contribution in [0, 0.1) is 22.2 Å². The van der Waals surface area contributed by atoms with Crippen molar-refractivity contribution in [3.63, 3.8) is 0 Å². The van der Waals surface area contributed by atoms with E-state index in [0.29, 0.717) is 23.0 Å². The molecule has 1 saturated carbocycles. The Morgan fingerprint density at radius 1 is 1.17 bits per heavy atom. The number of nitrogens with zero attached hydrogens (tertiary/aromatic N) is 1. The molecule has 1 saturated heterocycles. The van der Waals surface area contributed by atoms with Crippen LogP contribution in [-0.4, -0.2) is 36.2 Å². The van der Waals surface area contributed by atoms with E-state index in [4.69, 9.17) is 23.2 Å². The van der Waals surface area contributed by atoms with Gasteiger partial charge in [-0.15, -0.1) is 0 Å². The molecule has 0 aromatic heterocycles. The van der Waals surface area contributed by atoms with E-state index >= 15 is 0 Å². The van der Waals surface area contributed by atoms with Crippen molar-refractivity contribution in [2.75, 3.05) is 13.2 Å². The maximum atomic E-state index is 13.8. The summed E-state index contributed by atoms with van der Waals surface area (Å²) in [5.41, 5.74) is 0.289. The van der Waals surface area contributed by atoms with E-state index in [0.717, 1.165) is 30.4 Å². The van der Waals surface area contributed by atoms with E-state index in [1.165, 1.54) is 0 Å². The first-order valence-electron chi connectivity index (χ1n) is 12.6. The minimum atomic E-state index is -1.03. The molecule has 2 aliphatic rings. The summed E-state index contributed by atoms with van der Waals surface area (Å²) < 4.78 is 0. The maximum absolute atomic E-state index is 13.8. The first-order valence-corrected chi connectivity index (χ1v) is 13.4. The summed E-state index contributed by atoms with van der Waals surface area (Å²) in [5, 5.41) is 28.7. The molecule has 3 N–H and O–H groups in total. The Morgan fingerprint density at radius 3 is 2.39 bits per heavy atom. The summed E-state index contributed by atoms with van der Waals surface area (Å²) in [6.45, 7) is 6.90. The Bertz CT molecular complexity index is 1130. The molecule has 7 heteroatoms. The Labute approximate surface area is 224 Å². The van der Waals surface area contributed by atoms with Gasteiger partial charge in [0, 0.05) is 34.0 Å². The van der Waals surface area contributed by atoms with Gasteiger partial charge in [0.15, 0.2) is 0 Å². The van der Waals surface area contributed by atoms with Crippen molar-refractivity contribution in [2.45, 2.75) is 69.9 Å². The van der Waals surface area contributed by atoms with Crippen molar-refractivity contribution >= 4 is 29.1 Å². The summed E-state index contributed by atoms with van der Waals surface area (Å²) in [4.78, 5) is 13.8. The van der Waals surface area contributed by atoms with Gasteiger partial charge in [0.1, 0.15) is 5.41 Å². The molecular weight excluding hydrogens is 493 g/mol. The van der Waals surface area contributed by atoms with Crippen LogP contribution in [-0.2, 0) is 10.2 Å². The molecule has 1 heterocycles. The molecule has 5 nitrogen and oxygen atoms in total. The number of nitriles is 1. The lowest BCUT2D eigenvalue weighted by Gasteiger charge is -2.40. The zero-order valence-corrected chi connectivity index (χ0v) is 22.7. The second-order valence-corrected chi connectivity index (χ2v) is 12.6. The largest absolute Gasteiger partial charge is 0.396 e. The van der Waals surface area contributed by atoms with Gasteiger partial charge in [-0.25, -0.2) is 0 Å². The Hall–Kier alpha value is -2.10. The lowest BCUT2D eigenvalue weighted by molar-refractivity contribution is -0.124. The predicted molar refractivity (Wildman–Crippen MR) is 144 cm³/mol. The molecule has 0 unspecified atom stereocenters. The monoisotopic (exact) mass is 527 g/mol. The van der Waals surface area contributed by atoms with E-state index in [1.807, 2.05) is 30.3 Å². The van der Waals surface area contributed by atoms with Crippen molar-refractivity contribution in [2.24, 2.45) is 10.8 Å². The number of hydrogen-bond acceptors (Lipinski definition) is 4. The molecule has 2 aromatic rings. The van der Waals surface area contributed by atoms with E-state index < -0.39 is 17.4 Å². The Morgan fingerprint density at radius 2 is 1.86 bits per heavy atom. The second-order valence-electron chi connectivity index (χ2n) is 11.7. The fourth-order valence-corrected chi connectivity index (χ4v) is 6.23. The molecule has 0 radical (unpaired) electrons. The first-order chi connectivity index (χ1) is 17.0. The van der Waals surface area contributed by atoms with Gasteiger partial charge in [-0.2, -0.15) is 5.26 Å². The number of halogens is 2. The molecule has 2 fully saturated rings. The van der Waals surface area contributed by atoms with Crippen LogP contribution in [0.3, 0.4) is 0 Å². The quantitative estimate of drug-likeness (QED) is 0.437. The third-order valence-electron chi connectivity index (χ3n) is 7.96. The number of carbonyl (C=O) groups excluding carboxylic acids is 1. The van der Waals surface area contributed by atoms with Crippen LogP contribution in [0.4, 0.5) is 0 Å². The van der Waals surface area contributed by atoms with E-state index in [2.05, 4.69) is 37.5 Å². The predicted octanol–water partition coefficient (Wildman–Crippen LogP) is 5.59.